The standard InChI is InChI=1S/C19H22N4O/c1-12(2)18-21-17-11-23(8-7-15(17)19(24)22-18)10-14-9-13-5-3-4-6-16(13)20-14/h3-6,9,12,20H,7-8,10-11H2,1-2H3,(H,21,22,24). The second kappa shape index (κ2) is 5.91. The Morgan fingerprint density at radius 2 is 2.08 bits per heavy atom. The van der Waals surface area contributed by atoms with Gasteiger partial charge < -0.3 is 9.97 Å². The van der Waals surface area contributed by atoms with Crippen LogP contribution in [0.15, 0.2) is 35.1 Å². The van der Waals surface area contributed by atoms with E-state index in [4.69, 9.17) is 4.98 Å². The lowest BCUT2D eigenvalue weighted by atomic mass is 10.1. The highest BCUT2D eigenvalue weighted by molar-refractivity contribution is 5.80. The largest absolute Gasteiger partial charge is 0.357 e. The molecule has 124 valence electrons. The summed E-state index contributed by atoms with van der Waals surface area (Å²) in [5.74, 6) is 1.01. The van der Waals surface area contributed by atoms with Gasteiger partial charge in [-0.2, -0.15) is 0 Å². The number of para-hydroxylation sites is 1. The van der Waals surface area contributed by atoms with Crippen molar-refractivity contribution in [1.82, 2.24) is 19.9 Å². The van der Waals surface area contributed by atoms with E-state index in [2.05, 4.69) is 53.0 Å². The molecule has 0 unspecified atom stereocenters. The molecule has 0 fully saturated rings. The zero-order chi connectivity index (χ0) is 16.7. The minimum Gasteiger partial charge on any atom is -0.357 e. The van der Waals surface area contributed by atoms with E-state index in [-0.39, 0.29) is 11.5 Å². The topological polar surface area (TPSA) is 64.8 Å². The van der Waals surface area contributed by atoms with Gasteiger partial charge in [0.25, 0.3) is 5.56 Å². The van der Waals surface area contributed by atoms with Gasteiger partial charge in [-0.15, -0.1) is 0 Å². The third-order valence-electron chi connectivity index (χ3n) is 4.70. The molecule has 0 amide bonds. The highest BCUT2D eigenvalue weighted by Gasteiger charge is 2.22. The molecule has 5 nitrogen and oxygen atoms in total. The fourth-order valence-electron chi connectivity index (χ4n) is 3.38. The molecular formula is C19H22N4O. The Balaban J connectivity index is 1.58. The predicted molar refractivity (Wildman–Crippen MR) is 95.1 cm³/mol. The molecule has 4 rings (SSSR count). The molecule has 1 aliphatic rings. The van der Waals surface area contributed by atoms with Crippen LogP contribution < -0.4 is 5.56 Å². The molecule has 0 atom stereocenters. The Morgan fingerprint density at radius 1 is 1.25 bits per heavy atom. The van der Waals surface area contributed by atoms with Crippen molar-refractivity contribution in [3.8, 4) is 0 Å². The molecule has 0 saturated carbocycles. The molecular weight excluding hydrogens is 300 g/mol. The fourth-order valence-corrected chi connectivity index (χ4v) is 3.38. The number of nitrogens with zero attached hydrogens (tertiary/aromatic N) is 2. The summed E-state index contributed by atoms with van der Waals surface area (Å²) >= 11 is 0. The molecule has 2 N–H and O–H groups in total. The number of hydrogen-bond acceptors (Lipinski definition) is 3. The van der Waals surface area contributed by atoms with Gasteiger partial charge in [0.15, 0.2) is 0 Å². The minimum absolute atomic E-state index is 0.0361. The minimum atomic E-state index is 0.0361. The van der Waals surface area contributed by atoms with Crippen LogP contribution in [0.5, 0.6) is 0 Å². The summed E-state index contributed by atoms with van der Waals surface area (Å²) in [6.45, 7) is 6.56. The van der Waals surface area contributed by atoms with E-state index >= 15 is 0 Å². The van der Waals surface area contributed by atoms with Gasteiger partial charge >= 0.3 is 0 Å². The molecule has 2 aromatic heterocycles. The van der Waals surface area contributed by atoms with Gasteiger partial charge in [0.1, 0.15) is 5.82 Å². The summed E-state index contributed by atoms with van der Waals surface area (Å²) in [5, 5.41) is 1.24. The van der Waals surface area contributed by atoms with E-state index in [1.54, 1.807) is 0 Å². The van der Waals surface area contributed by atoms with E-state index in [1.807, 2.05) is 6.07 Å². The van der Waals surface area contributed by atoms with Crippen LogP contribution in [0.4, 0.5) is 0 Å². The molecule has 1 aromatic carbocycles. The summed E-state index contributed by atoms with van der Waals surface area (Å²) in [6.07, 6.45) is 0.760. The Labute approximate surface area is 140 Å². The van der Waals surface area contributed by atoms with Gasteiger partial charge in [-0.3, -0.25) is 9.69 Å². The number of hydrogen-bond donors (Lipinski definition) is 2. The summed E-state index contributed by atoms with van der Waals surface area (Å²) in [7, 11) is 0. The monoisotopic (exact) mass is 322 g/mol. The number of nitrogens with one attached hydrogen (secondary N) is 2. The van der Waals surface area contributed by atoms with Crippen molar-refractivity contribution in [2.75, 3.05) is 6.54 Å². The molecule has 1 aliphatic heterocycles. The first-order valence-corrected chi connectivity index (χ1v) is 8.51. The first-order chi connectivity index (χ1) is 11.6. The normalized spacial score (nSPS) is 15.1. The van der Waals surface area contributed by atoms with Crippen LogP contribution in [0.2, 0.25) is 0 Å². The van der Waals surface area contributed by atoms with Crippen LogP contribution in [0.25, 0.3) is 10.9 Å². The van der Waals surface area contributed by atoms with Gasteiger partial charge in [0, 0.05) is 42.3 Å². The van der Waals surface area contributed by atoms with E-state index < -0.39 is 0 Å². The van der Waals surface area contributed by atoms with Crippen LogP contribution in [-0.2, 0) is 19.5 Å². The highest BCUT2D eigenvalue weighted by Crippen LogP contribution is 2.20. The highest BCUT2D eigenvalue weighted by atomic mass is 16.1. The number of benzene rings is 1. The van der Waals surface area contributed by atoms with Crippen LogP contribution >= 0.6 is 0 Å². The van der Waals surface area contributed by atoms with Gasteiger partial charge in [-0.1, -0.05) is 32.0 Å². The number of H-pyrrole nitrogens is 2. The second-order valence-corrected chi connectivity index (χ2v) is 6.87. The Kier molecular flexibility index (Phi) is 3.73. The average Bonchev–Trinajstić information content (AvgIpc) is 2.96. The van der Waals surface area contributed by atoms with Crippen molar-refractivity contribution in [3.63, 3.8) is 0 Å². The van der Waals surface area contributed by atoms with Crippen molar-refractivity contribution in [2.24, 2.45) is 0 Å². The lowest BCUT2D eigenvalue weighted by Crippen LogP contribution is -2.35. The van der Waals surface area contributed by atoms with Crippen LogP contribution in [0, 0.1) is 0 Å². The summed E-state index contributed by atoms with van der Waals surface area (Å²) in [6, 6.07) is 10.5. The third kappa shape index (κ3) is 2.76. The molecule has 0 radical (unpaired) electrons. The predicted octanol–water partition coefficient (Wildman–Crippen LogP) is 2.93. The summed E-state index contributed by atoms with van der Waals surface area (Å²) in [5.41, 5.74) is 4.20. The maximum atomic E-state index is 12.3. The number of rotatable bonds is 3. The molecule has 0 bridgehead atoms. The van der Waals surface area contributed by atoms with Crippen molar-refractivity contribution in [3.05, 3.63) is 63.5 Å². The number of fused-ring (bicyclic) bond motifs is 2. The van der Waals surface area contributed by atoms with E-state index in [1.165, 1.54) is 16.6 Å². The smallest absolute Gasteiger partial charge is 0.254 e. The summed E-state index contributed by atoms with van der Waals surface area (Å²) < 4.78 is 0. The van der Waals surface area contributed by atoms with Crippen molar-refractivity contribution < 1.29 is 0 Å². The van der Waals surface area contributed by atoms with Crippen LogP contribution in [0.1, 0.15) is 42.5 Å². The lowest BCUT2D eigenvalue weighted by Gasteiger charge is -2.27. The van der Waals surface area contributed by atoms with Crippen LogP contribution in [0.3, 0.4) is 0 Å². The molecule has 5 heteroatoms. The second-order valence-electron chi connectivity index (χ2n) is 6.87. The summed E-state index contributed by atoms with van der Waals surface area (Å²) in [4.78, 5) is 25.7. The maximum absolute atomic E-state index is 12.3. The van der Waals surface area contributed by atoms with Gasteiger partial charge in [-0.05, 0) is 23.9 Å². The molecule has 0 aliphatic carbocycles. The Hall–Kier alpha value is -2.40. The first kappa shape index (κ1) is 15.1. The molecule has 24 heavy (non-hydrogen) atoms. The van der Waals surface area contributed by atoms with Crippen LogP contribution in [-0.4, -0.2) is 26.4 Å². The number of aromatic nitrogens is 3. The number of aromatic amines is 2. The average molecular weight is 322 g/mol. The molecule has 0 spiro atoms. The van der Waals surface area contributed by atoms with Crippen molar-refractivity contribution in [2.45, 2.75) is 39.3 Å². The van der Waals surface area contributed by atoms with Gasteiger partial charge in [0.05, 0.1) is 5.69 Å². The quantitative estimate of drug-likeness (QED) is 0.779. The zero-order valence-corrected chi connectivity index (χ0v) is 14.1. The van der Waals surface area contributed by atoms with E-state index in [0.29, 0.717) is 0 Å². The van der Waals surface area contributed by atoms with Gasteiger partial charge in [-0.25, -0.2) is 4.98 Å². The maximum Gasteiger partial charge on any atom is 0.254 e. The molecule has 3 heterocycles. The molecule has 3 aromatic rings. The third-order valence-corrected chi connectivity index (χ3v) is 4.70. The zero-order valence-electron chi connectivity index (χ0n) is 14.1. The SMILES string of the molecule is CC(C)c1nc2c(c(=O)[nH]1)CCN(Cc1cc3ccccc3[nH]1)C2. The van der Waals surface area contributed by atoms with E-state index in [0.717, 1.165) is 43.1 Å². The molecule has 0 saturated heterocycles. The van der Waals surface area contributed by atoms with Crippen molar-refractivity contribution in [1.29, 1.82) is 0 Å². The Bertz CT molecular complexity index is 905. The lowest BCUT2D eigenvalue weighted by molar-refractivity contribution is 0.237. The fraction of sp³-hybridized carbons (Fsp3) is 0.368. The van der Waals surface area contributed by atoms with Crippen molar-refractivity contribution >= 4 is 10.9 Å². The first-order valence-electron chi connectivity index (χ1n) is 8.51. The van der Waals surface area contributed by atoms with Gasteiger partial charge in [0.2, 0.25) is 0 Å². The Morgan fingerprint density at radius 3 is 2.88 bits per heavy atom. The van der Waals surface area contributed by atoms with E-state index in [9.17, 15) is 4.79 Å².